The maximum atomic E-state index is 10.7. The second kappa shape index (κ2) is 3.29. The highest BCUT2D eigenvalue weighted by molar-refractivity contribution is 5.73. The van der Waals surface area contributed by atoms with E-state index in [0.29, 0.717) is 12.0 Å². The van der Waals surface area contributed by atoms with Crippen LogP contribution >= 0.6 is 0 Å². The molecule has 76 valence electrons. The lowest BCUT2D eigenvalue weighted by Crippen LogP contribution is -2.40. The lowest BCUT2D eigenvalue weighted by Gasteiger charge is -2.30. The minimum Gasteiger partial charge on any atom is -0.481 e. The van der Waals surface area contributed by atoms with Crippen LogP contribution in [0, 0.1) is 17.3 Å². The minimum atomic E-state index is -0.644. The van der Waals surface area contributed by atoms with E-state index < -0.39 is 5.97 Å². The number of carbonyl (C=O) groups is 1. The Kier molecular flexibility index (Phi) is 2.66. The Morgan fingerprint density at radius 2 is 2.08 bits per heavy atom. The molecule has 3 nitrogen and oxygen atoms in total. The molecule has 0 aromatic rings. The molecule has 0 heterocycles. The molecule has 2 N–H and O–H groups in total. The zero-order valence-corrected chi connectivity index (χ0v) is 8.79. The van der Waals surface area contributed by atoms with Crippen LogP contribution in [-0.2, 0) is 4.79 Å². The van der Waals surface area contributed by atoms with E-state index in [9.17, 15) is 4.79 Å². The Labute approximate surface area is 79.5 Å². The van der Waals surface area contributed by atoms with E-state index in [1.54, 1.807) is 0 Å². The Hall–Kier alpha value is -0.570. The Balaban J connectivity index is 2.57. The van der Waals surface area contributed by atoms with Gasteiger partial charge in [-0.3, -0.25) is 4.79 Å². The van der Waals surface area contributed by atoms with E-state index in [-0.39, 0.29) is 11.3 Å². The molecular formula is C10H19NO2. The second-order valence-electron chi connectivity index (χ2n) is 4.98. The van der Waals surface area contributed by atoms with Crippen molar-refractivity contribution in [3.63, 3.8) is 0 Å². The molecule has 0 spiro atoms. The monoisotopic (exact) mass is 185 g/mol. The molecule has 1 aliphatic carbocycles. The maximum Gasteiger partial charge on any atom is 0.306 e. The molecule has 3 unspecified atom stereocenters. The number of hydrogen-bond acceptors (Lipinski definition) is 2. The van der Waals surface area contributed by atoms with Crippen molar-refractivity contribution < 1.29 is 9.90 Å². The van der Waals surface area contributed by atoms with Gasteiger partial charge in [-0.1, -0.05) is 20.8 Å². The van der Waals surface area contributed by atoms with Gasteiger partial charge in [0.2, 0.25) is 0 Å². The van der Waals surface area contributed by atoms with Crippen molar-refractivity contribution in [2.45, 2.75) is 33.2 Å². The molecule has 3 heteroatoms. The van der Waals surface area contributed by atoms with Crippen molar-refractivity contribution >= 4 is 5.97 Å². The van der Waals surface area contributed by atoms with Crippen molar-refractivity contribution in [1.29, 1.82) is 0 Å². The smallest absolute Gasteiger partial charge is 0.306 e. The fraction of sp³-hybridized carbons (Fsp3) is 0.900. The van der Waals surface area contributed by atoms with Gasteiger partial charge < -0.3 is 10.4 Å². The van der Waals surface area contributed by atoms with Gasteiger partial charge in [0.15, 0.2) is 0 Å². The first-order valence-corrected chi connectivity index (χ1v) is 4.78. The maximum absolute atomic E-state index is 10.7. The van der Waals surface area contributed by atoms with Gasteiger partial charge in [0.05, 0.1) is 5.92 Å². The lowest BCUT2D eigenvalue weighted by atomic mass is 9.83. The van der Waals surface area contributed by atoms with Gasteiger partial charge >= 0.3 is 5.97 Å². The van der Waals surface area contributed by atoms with Crippen molar-refractivity contribution in [3.05, 3.63) is 0 Å². The fourth-order valence-corrected chi connectivity index (χ4v) is 2.16. The largest absolute Gasteiger partial charge is 0.481 e. The average Bonchev–Trinajstić information content (AvgIpc) is 2.65. The number of carboxylic acids is 1. The van der Waals surface area contributed by atoms with Crippen LogP contribution in [0.3, 0.4) is 0 Å². The quantitative estimate of drug-likeness (QED) is 0.697. The van der Waals surface area contributed by atoms with Crippen LogP contribution in [0.2, 0.25) is 0 Å². The molecule has 0 amide bonds. The van der Waals surface area contributed by atoms with Gasteiger partial charge in [-0.25, -0.2) is 0 Å². The molecule has 13 heavy (non-hydrogen) atoms. The number of hydrogen-bond donors (Lipinski definition) is 2. The van der Waals surface area contributed by atoms with E-state index >= 15 is 0 Å². The van der Waals surface area contributed by atoms with Crippen LogP contribution in [-0.4, -0.2) is 24.2 Å². The summed E-state index contributed by atoms with van der Waals surface area (Å²) >= 11 is 0. The van der Waals surface area contributed by atoms with E-state index in [0.717, 1.165) is 6.42 Å². The van der Waals surface area contributed by atoms with Gasteiger partial charge in [-0.2, -0.15) is 0 Å². The topological polar surface area (TPSA) is 49.3 Å². The highest BCUT2D eigenvalue weighted by Crippen LogP contribution is 2.46. The molecule has 1 rings (SSSR count). The first kappa shape index (κ1) is 10.5. The number of aliphatic carboxylic acids is 1. The number of rotatable bonds is 3. The Morgan fingerprint density at radius 3 is 2.31 bits per heavy atom. The van der Waals surface area contributed by atoms with Gasteiger partial charge in [0, 0.05) is 6.04 Å². The third kappa shape index (κ3) is 2.21. The normalized spacial score (nSPS) is 29.8. The van der Waals surface area contributed by atoms with E-state index in [2.05, 4.69) is 26.1 Å². The third-order valence-electron chi connectivity index (χ3n) is 2.83. The molecule has 0 aliphatic heterocycles. The highest BCUT2D eigenvalue weighted by Gasteiger charge is 2.50. The van der Waals surface area contributed by atoms with Crippen LogP contribution < -0.4 is 5.32 Å². The van der Waals surface area contributed by atoms with E-state index in [4.69, 9.17) is 5.11 Å². The average molecular weight is 185 g/mol. The van der Waals surface area contributed by atoms with Crippen LogP contribution in [0.25, 0.3) is 0 Å². The number of nitrogens with one attached hydrogen (secondary N) is 1. The Morgan fingerprint density at radius 1 is 1.54 bits per heavy atom. The van der Waals surface area contributed by atoms with E-state index in [1.165, 1.54) is 0 Å². The summed E-state index contributed by atoms with van der Waals surface area (Å²) in [4.78, 5) is 10.7. The second-order valence-corrected chi connectivity index (χ2v) is 4.98. The zero-order valence-electron chi connectivity index (χ0n) is 8.79. The standard InChI is InChI=1S/C10H19NO2/c1-10(2,3)8(11-4)6-5-7(6)9(12)13/h6-8,11H,5H2,1-4H3,(H,12,13). The first-order valence-electron chi connectivity index (χ1n) is 4.78. The summed E-state index contributed by atoms with van der Waals surface area (Å²) in [5.41, 5.74) is 0.142. The predicted molar refractivity (Wildman–Crippen MR) is 51.5 cm³/mol. The van der Waals surface area contributed by atoms with E-state index in [1.807, 2.05) is 7.05 Å². The van der Waals surface area contributed by atoms with Crippen molar-refractivity contribution in [1.82, 2.24) is 5.32 Å². The SMILES string of the molecule is CNC(C1CC1C(=O)O)C(C)(C)C. The lowest BCUT2D eigenvalue weighted by molar-refractivity contribution is -0.139. The predicted octanol–water partition coefficient (Wildman–Crippen LogP) is 1.34. The molecule has 0 saturated heterocycles. The first-order chi connectivity index (χ1) is 5.88. The summed E-state index contributed by atoms with van der Waals surface area (Å²) in [7, 11) is 1.91. The Bertz CT molecular complexity index is 207. The molecule has 3 atom stereocenters. The minimum absolute atomic E-state index is 0.114. The summed E-state index contributed by atoms with van der Waals surface area (Å²) in [6.45, 7) is 6.43. The van der Waals surface area contributed by atoms with Gasteiger partial charge in [0.25, 0.3) is 0 Å². The molecular weight excluding hydrogens is 166 g/mol. The zero-order chi connectivity index (χ0) is 10.2. The number of carboxylic acid groups (broad SMARTS) is 1. The molecule has 0 bridgehead atoms. The van der Waals surface area contributed by atoms with Gasteiger partial charge in [-0.15, -0.1) is 0 Å². The highest BCUT2D eigenvalue weighted by atomic mass is 16.4. The van der Waals surface area contributed by atoms with Crippen LogP contribution in [0.4, 0.5) is 0 Å². The van der Waals surface area contributed by atoms with Crippen molar-refractivity contribution in [2.75, 3.05) is 7.05 Å². The molecule has 0 aromatic heterocycles. The van der Waals surface area contributed by atoms with Crippen molar-refractivity contribution in [2.24, 2.45) is 17.3 Å². The fourth-order valence-electron chi connectivity index (χ4n) is 2.16. The van der Waals surface area contributed by atoms with Crippen LogP contribution in [0.1, 0.15) is 27.2 Å². The van der Waals surface area contributed by atoms with Gasteiger partial charge in [0.1, 0.15) is 0 Å². The summed E-state index contributed by atoms with van der Waals surface area (Å²) in [6.07, 6.45) is 0.831. The van der Waals surface area contributed by atoms with Crippen LogP contribution in [0.5, 0.6) is 0 Å². The third-order valence-corrected chi connectivity index (χ3v) is 2.83. The van der Waals surface area contributed by atoms with Crippen molar-refractivity contribution in [3.8, 4) is 0 Å². The molecule has 0 aromatic carbocycles. The van der Waals surface area contributed by atoms with Crippen LogP contribution in [0.15, 0.2) is 0 Å². The summed E-state index contributed by atoms with van der Waals surface area (Å²) < 4.78 is 0. The molecule has 1 saturated carbocycles. The molecule has 1 aliphatic rings. The molecule has 0 radical (unpaired) electrons. The van der Waals surface area contributed by atoms with Gasteiger partial charge in [-0.05, 0) is 24.8 Å². The summed E-state index contributed by atoms with van der Waals surface area (Å²) in [6, 6.07) is 0.314. The summed E-state index contributed by atoms with van der Waals surface area (Å²) in [5, 5.41) is 12.0. The molecule has 1 fully saturated rings. The summed E-state index contributed by atoms with van der Waals surface area (Å²) in [5.74, 6) is -0.436.